The summed E-state index contributed by atoms with van der Waals surface area (Å²) < 4.78 is 2.32. The second-order valence-electron chi connectivity index (χ2n) is 9.02. The van der Waals surface area contributed by atoms with Crippen LogP contribution in [0.5, 0.6) is 0 Å². The average Bonchev–Trinajstić information content (AvgIpc) is 2.95. The molecule has 3 heterocycles. The number of halogens is 1. The van der Waals surface area contributed by atoms with Crippen LogP contribution in [0.2, 0.25) is 5.02 Å². The second kappa shape index (κ2) is 7.57. The fraction of sp³-hybridized carbons (Fsp3) is 0.522. The topological polar surface area (TPSA) is 23.8 Å². The highest BCUT2D eigenvalue weighted by Crippen LogP contribution is 2.30. The van der Waals surface area contributed by atoms with Gasteiger partial charge in [0.05, 0.1) is 11.4 Å². The van der Waals surface area contributed by atoms with Crippen molar-refractivity contribution in [2.24, 2.45) is 10.4 Å². The third-order valence-corrected chi connectivity index (χ3v) is 6.39. The maximum absolute atomic E-state index is 6.25. The van der Waals surface area contributed by atoms with Gasteiger partial charge in [0.15, 0.2) is 5.84 Å². The van der Waals surface area contributed by atoms with E-state index >= 15 is 0 Å². The summed E-state index contributed by atoms with van der Waals surface area (Å²) in [6.45, 7) is 15.4. The van der Waals surface area contributed by atoms with Crippen molar-refractivity contribution in [1.82, 2.24) is 14.4 Å². The van der Waals surface area contributed by atoms with Crippen LogP contribution in [-0.2, 0) is 6.54 Å². The molecule has 1 saturated heterocycles. The molecule has 1 aromatic heterocycles. The van der Waals surface area contributed by atoms with Crippen molar-refractivity contribution in [3.05, 3.63) is 52.3 Å². The molecule has 2 aliphatic rings. The Balaban J connectivity index is 1.60. The van der Waals surface area contributed by atoms with Crippen LogP contribution in [-0.4, -0.2) is 52.9 Å². The summed E-state index contributed by atoms with van der Waals surface area (Å²) in [5, 5.41) is 0.773. The molecule has 2 aliphatic heterocycles. The summed E-state index contributed by atoms with van der Waals surface area (Å²) in [4.78, 5) is 10.2. The predicted molar refractivity (Wildman–Crippen MR) is 118 cm³/mol. The minimum atomic E-state index is 0.381. The van der Waals surface area contributed by atoms with Gasteiger partial charge in [-0.2, -0.15) is 0 Å². The summed E-state index contributed by atoms with van der Waals surface area (Å²) in [7, 11) is 0. The number of aryl methyl sites for hydroxylation is 1. The van der Waals surface area contributed by atoms with Crippen molar-refractivity contribution in [3.8, 4) is 0 Å². The van der Waals surface area contributed by atoms with Gasteiger partial charge < -0.3 is 9.47 Å². The largest absolute Gasteiger partial charge is 0.352 e. The lowest BCUT2D eigenvalue weighted by Crippen LogP contribution is -2.51. The van der Waals surface area contributed by atoms with Gasteiger partial charge in [0.1, 0.15) is 0 Å². The molecule has 4 rings (SSSR count). The van der Waals surface area contributed by atoms with E-state index in [-0.39, 0.29) is 0 Å². The van der Waals surface area contributed by atoms with Gasteiger partial charge in [0, 0.05) is 50.5 Å². The number of aromatic nitrogens is 1. The van der Waals surface area contributed by atoms with Gasteiger partial charge in [-0.1, -0.05) is 32.4 Å². The van der Waals surface area contributed by atoms with Crippen molar-refractivity contribution in [2.75, 3.05) is 32.7 Å². The minimum Gasteiger partial charge on any atom is -0.352 e. The third-order valence-electron chi connectivity index (χ3n) is 6.15. The first-order valence-electron chi connectivity index (χ1n) is 10.4. The van der Waals surface area contributed by atoms with Gasteiger partial charge in [-0.05, 0) is 54.2 Å². The van der Waals surface area contributed by atoms with Gasteiger partial charge in [-0.3, -0.25) is 4.90 Å². The third kappa shape index (κ3) is 3.99. The van der Waals surface area contributed by atoms with E-state index in [1.807, 2.05) is 12.1 Å². The molecular formula is C23H31ClN4. The van der Waals surface area contributed by atoms with Crippen molar-refractivity contribution in [1.29, 1.82) is 0 Å². The summed E-state index contributed by atoms with van der Waals surface area (Å²) in [6.07, 6.45) is 3.44. The molecule has 150 valence electrons. The molecule has 5 heteroatoms. The fourth-order valence-corrected chi connectivity index (χ4v) is 4.38. The Morgan fingerprint density at radius 3 is 2.57 bits per heavy atom. The Labute approximate surface area is 173 Å². The second-order valence-corrected chi connectivity index (χ2v) is 9.46. The van der Waals surface area contributed by atoms with E-state index in [0.717, 1.165) is 49.3 Å². The monoisotopic (exact) mass is 398 g/mol. The maximum Gasteiger partial charge on any atom is 0.153 e. The number of hydrogen-bond acceptors (Lipinski definition) is 3. The van der Waals surface area contributed by atoms with E-state index in [0.29, 0.717) is 5.41 Å². The first-order valence-corrected chi connectivity index (χ1v) is 10.7. The van der Waals surface area contributed by atoms with Gasteiger partial charge >= 0.3 is 0 Å². The summed E-state index contributed by atoms with van der Waals surface area (Å²) in [6, 6.07) is 8.31. The van der Waals surface area contributed by atoms with E-state index in [9.17, 15) is 0 Å². The zero-order valence-electron chi connectivity index (χ0n) is 17.5. The Kier molecular flexibility index (Phi) is 5.28. The number of aliphatic imine (C=N–C) groups is 1. The Bertz CT molecular complexity index is 888. The molecule has 0 atom stereocenters. The summed E-state index contributed by atoms with van der Waals surface area (Å²) in [5.41, 5.74) is 5.09. The lowest BCUT2D eigenvalue weighted by molar-refractivity contribution is 0.126. The van der Waals surface area contributed by atoms with Crippen LogP contribution >= 0.6 is 11.6 Å². The zero-order chi connectivity index (χ0) is 19.9. The molecule has 0 unspecified atom stereocenters. The number of nitrogens with zero attached hydrogens (tertiary/aromatic N) is 4. The number of benzene rings is 1. The Morgan fingerprint density at radius 1 is 1.11 bits per heavy atom. The molecule has 0 aliphatic carbocycles. The molecule has 1 aromatic carbocycles. The molecule has 1 fully saturated rings. The number of piperazine rings is 1. The van der Waals surface area contributed by atoms with E-state index in [1.54, 1.807) is 0 Å². The lowest BCUT2D eigenvalue weighted by atomic mass is 9.89. The number of fused-ring (bicyclic) bond motifs is 2. The highest BCUT2D eigenvalue weighted by atomic mass is 35.5. The molecule has 0 bridgehead atoms. The van der Waals surface area contributed by atoms with Crippen LogP contribution in [0.4, 0.5) is 5.69 Å². The summed E-state index contributed by atoms with van der Waals surface area (Å²) in [5.74, 6) is 1.10. The molecule has 2 aromatic rings. The van der Waals surface area contributed by atoms with Crippen LogP contribution in [0.15, 0.2) is 35.5 Å². The van der Waals surface area contributed by atoms with Gasteiger partial charge in [0.2, 0.25) is 0 Å². The van der Waals surface area contributed by atoms with Crippen LogP contribution in [0.3, 0.4) is 0 Å². The highest BCUT2D eigenvalue weighted by molar-refractivity contribution is 6.30. The molecule has 0 N–H and O–H groups in total. The molecular weight excluding hydrogens is 368 g/mol. The van der Waals surface area contributed by atoms with Crippen LogP contribution < -0.4 is 0 Å². The van der Waals surface area contributed by atoms with Crippen LogP contribution in [0, 0.1) is 12.3 Å². The average molecular weight is 399 g/mol. The number of rotatable bonds is 3. The van der Waals surface area contributed by atoms with E-state index in [1.165, 1.54) is 29.8 Å². The zero-order valence-corrected chi connectivity index (χ0v) is 18.3. The molecule has 0 amide bonds. The Morgan fingerprint density at radius 2 is 1.86 bits per heavy atom. The molecule has 0 radical (unpaired) electrons. The quantitative estimate of drug-likeness (QED) is 0.730. The van der Waals surface area contributed by atoms with Crippen molar-refractivity contribution < 1.29 is 0 Å². The molecule has 28 heavy (non-hydrogen) atoms. The van der Waals surface area contributed by atoms with Crippen molar-refractivity contribution in [3.63, 3.8) is 0 Å². The smallest absolute Gasteiger partial charge is 0.153 e. The first-order chi connectivity index (χ1) is 13.3. The fourth-order valence-electron chi connectivity index (χ4n) is 4.19. The van der Waals surface area contributed by atoms with Gasteiger partial charge in [-0.25, -0.2) is 4.99 Å². The van der Waals surface area contributed by atoms with Crippen LogP contribution in [0.1, 0.15) is 44.0 Å². The number of hydrogen-bond donors (Lipinski definition) is 0. The molecule has 4 nitrogen and oxygen atoms in total. The SMILES string of the molecule is CCC(C)(C)CN1CCN(C2=Nc3ccc(Cl)cc3Cn3cc(C)cc32)CC1. The lowest BCUT2D eigenvalue weighted by Gasteiger charge is -2.39. The maximum atomic E-state index is 6.25. The van der Waals surface area contributed by atoms with Gasteiger partial charge in [-0.15, -0.1) is 0 Å². The van der Waals surface area contributed by atoms with E-state index < -0.39 is 0 Å². The first kappa shape index (κ1) is 19.5. The standard InChI is InChI=1S/C23H31ClN4/c1-5-23(3,4)16-26-8-10-27(11-9-26)22-21-12-17(2)14-28(21)15-18-13-19(24)6-7-20(18)25-22/h6-7,12-14H,5,8-11,15-16H2,1-4H3. The minimum absolute atomic E-state index is 0.381. The van der Waals surface area contributed by atoms with Crippen molar-refractivity contribution in [2.45, 2.75) is 40.7 Å². The predicted octanol–water partition coefficient (Wildman–Crippen LogP) is 4.94. The normalized spacial score (nSPS) is 17.8. The highest BCUT2D eigenvalue weighted by Gasteiger charge is 2.27. The van der Waals surface area contributed by atoms with Gasteiger partial charge in [0.25, 0.3) is 0 Å². The Hall–Kier alpha value is -1.78. The van der Waals surface area contributed by atoms with Crippen molar-refractivity contribution >= 4 is 23.1 Å². The molecule has 0 spiro atoms. The molecule has 0 saturated carbocycles. The summed E-state index contributed by atoms with van der Waals surface area (Å²) >= 11 is 6.25. The van der Waals surface area contributed by atoms with E-state index in [4.69, 9.17) is 16.6 Å². The van der Waals surface area contributed by atoms with Crippen LogP contribution in [0.25, 0.3) is 0 Å². The van der Waals surface area contributed by atoms with E-state index in [2.05, 4.69) is 60.4 Å². The number of amidine groups is 1.